The van der Waals surface area contributed by atoms with Gasteiger partial charge in [-0.25, -0.2) is 4.39 Å². The maximum atomic E-state index is 13.4. The molecule has 0 aliphatic carbocycles. The monoisotopic (exact) mass is 544 g/mol. The third-order valence-electron chi connectivity index (χ3n) is 4.79. The van der Waals surface area contributed by atoms with Crippen molar-refractivity contribution in [2.45, 2.75) is 44.7 Å². The van der Waals surface area contributed by atoms with Crippen LogP contribution < -0.4 is 10.6 Å². The van der Waals surface area contributed by atoms with Crippen LogP contribution in [0.1, 0.15) is 43.5 Å². The van der Waals surface area contributed by atoms with Crippen LogP contribution in [0.5, 0.6) is 0 Å². The van der Waals surface area contributed by atoms with Gasteiger partial charge in [0.15, 0.2) is 5.60 Å². The van der Waals surface area contributed by atoms with Gasteiger partial charge >= 0.3 is 25.0 Å². The number of hydrogen-bond acceptors (Lipinski definition) is 7. The summed E-state index contributed by atoms with van der Waals surface area (Å²) in [5.41, 5.74) is -2.26. The zero-order valence-electron chi connectivity index (χ0n) is 18.3. The molecule has 1 heterocycles. The highest BCUT2D eigenvalue weighted by Gasteiger charge is 2.57. The van der Waals surface area contributed by atoms with Crippen LogP contribution in [0.15, 0.2) is 22.7 Å². The molecule has 0 spiro atoms. The Bertz CT molecular complexity index is 975. The summed E-state index contributed by atoms with van der Waals surface area (Å²) >= 11 is 3.12. The van der Waals surface area contributed by atoms with E-state index in [0.29, 0.717) is 4.47 Å². The molecule has 14 heteroatoms. The number of carboxylic acid groups (broad SMARTS) is 2. The van der Waals surface area contributed by atoms with Crippen molar-refractivity contribution in [3.63, 3.8) is 0 Å². The molecule has 184 valence electrons. The van der Waals surface area contributed by atoms with Gasteiger partial charge in [-0.2, -0.15) is 0 Å². The average molecular weight is 545 g/mol. The lowest BCUT2D eigenvalue weighted by Gasteiger charge is -2.24. The largest absolute Gasteiger partial charge is 0.552 e. The van der Waals surface area contributed by atoms with Gasteiger partial charge in [0.25, 0.3) is 5.91 Å². The topological polar surface area (TPSA) is 168 Å². The fourth-order valence-electron chi connectivity index (χ4n) is 3.38. The Kier molecular flexibility index (Phi) is 9.16. The summed E-state index contributed by atoms with van der Waals surface area (Å²) in [5, 5.41) is 23.1. The first kappa shape index (κ1) is 27.3. The molecule has 4 N–H and O–H groups in total. The lowest BCUT2D eigenvalue weighted by Crippen LogP contribution is -2.51. The minimum Gasteiger partial charge on any atom is -0.506 e. The molecule has 0 aromatic heterocycles. The molecule has 0 radical (unpaired) electrons. The van der Waals surface area contributed by atoms with E-state index in [4.69, 9.17) is 19.5 Å². The second kappa shape index (κ2) is 11.4. The SMILES string of the molecule is CC(C)CC(NC(=O)CNC(=O)c1cc(F)ccc1Br)B1OC(=O)C(CC(=O)O)(CC(=O)O)O1. The van der Waals surface area contributed by atoms with Crippen molar-refractivity contribution < 1.29 is 47.9 Å². The number of hydrogen-bond donors (Lipinski definition) is 4. The molecule has 1 fully saturated rings. The molecule has 1 aliphatic heterocycles. The second-order valence-corrected chi connectivity index (χ2v) is 8.99. The molecule has 34 heavy (non-hydrogen) atoms. The molecule has 1 aromatic carbocycles. The Balaban J connectivity index is 2.10. The number of carbonyl (C=O) groups is 5. The molecule has 11 nitrogen and oxygen atoms in total. The first-order valence-corrected chi connectivity index (χ1v) is 11.0. The quantitative estimate of drug-likeness (QED) is 0.298. The highest BCUT2D eigenvalue weighted by molar-refractivity contribution is 9.10. The van der Waals surface area contributed by atoms with Crippen LogP contribution in [-0.2, 0) is 28.5 Å². The molecular formula is C20H23BBrFN2O9. The molecule has 0 bridgehead atoms. The number of carbonyl (C=O) groups excluding carboxylic acids is 3. The van der Waals surface area contributed by atoms with Gasteiger partial charge in [-0.3, -0.25) is 24.0 Å². The molecule has 1 aliphatic rings. The predicted molar refractivity (Wildman–Crippen MR) is 118 cm³/mol. The van der Waals surface area contributed by atoms with E-state index in [0.717, 1.165) is 12.1 Å². The van der Waals surface area contributed by atoms with Gasteiger partial charge in [0.2, 0.25) is 5.91 Å². The van der Waals surface area contributed by atoms with E-state index in [-0.39, 0.29) is 17.9 Å². The fourth-order valence-corrected chi connectivity index (χ4v) is 3.81. The summed E-state index contributed by atoms with van der Waals surface area (Å²) in [7, 11) is -1.44. The summed E-state index contributed by atoms with van der Waals surface area (Å²) in [6.45, 7) is 3.11. The van der Waals surface area contributed by atoms with Crippen LogP contribution in [-0.4, -0.2) is 65.1 Å². The minimum absolute atomic E-state index is 0.0216. The van der Waals surface area contributed by atoms with Crippen molar-refractivity contribution in [1.82, 2.24) is 10.6 Å². The number of benzene rings is 1. The summed E-state index contributed by atoms with van der Waals surface area (Å²) in [6, 6.07) is 3.49. The maximum absolute atomic E-state index is 13.4. The van der Waals surface area contributed by atoms with Gasteiger partial charge in [-0.1, -0.05) is 13.8 Å². The van der Waals surface area contributed by atoms with Gasteiger partial charge in [0.1, 0.15) is 5.82 Å². The zero-order chi connectivity index (χ0) is 25.6. The number of nitrogens with one attached hydrogen (secondary N) is 2. The van der Waals surface area contributed by atoms with Crippen molar-refractivity contribution >= 4 is 52.8 Å². The van der Waals surface area contributed by atoms with Crippen molar-refractivity contribution in [1.29, 1.82) is 0 Å². The Hall–Kier alpha value is -3.00. The van der Waals surface area contributed by atoms with E-state index in [1.165, 1.54) is 6.07 Å². The third kappa shape index (κ3) is 7.25. The van der Waals surface area contributed by atoms with Gasteiger partial charge in [0.05, 0.1) is 30.9 Å². The van der Waals surface area contributed by atoms with E-state index >= 15 is 0 Å². The van der Waals surface area contributed by atoms with Crippen molar-refractivity contribution in [3.05, 3.63) is 34.1 Å². The molecule has 1 unspecified atom stereocenters. The maximum Gasteiger partial charge on any atom is 0.552 e. The van der Waals surface area contributed by atoms with Gasteiger partial charge < -0.3 is 30.2 Å². The third-order valence-corrected chi connectivity index (χ3v) is 5.48. The van der Waals surface area contributed by atoms with Crippen LogP contribution in [0, 0.1) is 11.7 Å². The Morgan fingerprint density at radius 3 is 2.35 bits per heavy atom. The lowest BCUT2D eigenvalue weighted by molar-refractivity contribution is -0.157. The summed E-state index contributed by atoms with van der Waals surface area (Å²) in [5.74, 6) is -7.13. The molecule has 0 saturated carbocycles. The second-order valence-electron chi connectivity index (χ2n) is 8.14. The highest BCUT2D eigenvalue weighted by atomic mass is 79.9. The average Bonchev–Trinajstić information content (AvgIpc) is 3.01. The molecular weight excluding hydrogens is 522 g/mol. The summed E-state index contributed by atoms with van der Waals surface area (Å²) < 4.78 is 24.4. The summed E-state index contributed by atoms with van der Waals surface area (Å²) in [6.07, 6.45) is -1.64. The van der Waals surface area contributed by atoms with E-state index in [9.17, 15) is 28.4 Å². The molecule has 1 saturated heterocycles. The van der Waals surface area contributed by atoms with Crippen molar-refractivity contribution in [3.8, 4) is 0 Å². The molecule has 2 amide bonds. The smallest absolute Gasteiger partial charge is 0.506 e. The molecule has 1 aromatic rings. The zero-order valence-corrected chi connectivity index (χ0v) is 19.9. The standard InChI is InChI=1S/C20H23BBrFN2O9/c1-10(2)5-14(21-33-19(32)20(34-21,7-16(27)28)8-17(29)30)25-15(26)9-24-18(31)12-6-11(23)3-4-13(12)22/h3-4,6,10,14H,5,7-9H2,1-2H3,(H,24,31)(H,25,26)(H,27,28)(H,29,30). The van der Waals surface area contributed by atoms with Crippen LogP contribution >= 0.6 is 15.9 Å². The predicted octanol–water partition coefficient (Wildman–Crippen LogP) is 1.14. The summed E-state index contributed by atoms with van der Waals surface area (Å²) in [4.78, 5) is 59.6. The van der Waals surface area contributed by atoms with Crippen LogP contribution in [0.3, 0.4) is 0 Å². The van der Waals surface area contributed by atoms with Crippen LogP contribution in [0.25, 0.3) is 0 Å². The molecule has 1 atom stereocenters. The first-order chi connectivity index (χ1) is 15.8. The van der Waals surface area contributed by atoms with Crippen LogP contribution in [0.2, 0.25) is 0 Å². The Morgan fingerprint density at radius 1 is 1.18 bits per heavy atom. The van der Waals surface area contributed by atoms with E-state index < -0.39 is 73.6 Å². The molecule has 2 rings (SSSR count). The van der Waals surface area contributed by atoms with E-state index in [1.807, 2.05) is 0 Å². The lowest BCUT2D eigenvalue weighted by atomic mass is 9.74. The van der Waals surface area contributed by atoms with Crippen LogP contribution in [0.4, 0.5) is 4.39 Å². The van der Waals surface area contributed by atoms with E-state index in [1.54, 1.807) is 13.8 Å². The number of halogens is 2. The van der Waals surface area contributed by atoms with Crippen molar-refractivity contribution in [2.24, 2.45) is 5.92 Å². The van der Waals surface area contributed by atoms with Gasteiger partial charge in [-0.15, -0.1) is 0 Å². The van der Waals surface area contributed by atoms with E-state index in [2.05, 4.69) is 26.6 Å². The normalized spacial score (nSPS) is 15.6. The Labute approximate surface area is 202 Å². The van der Waals surface area contributed by atoms with Gasteiger partial charge in [-0.05, 0) is 46.5 Å². The fraction of sp³-hybridized carbons (Fsp3) is 0.450. The number of carboxylic acids is 2. The first-order valence-electron chi connectivity index (χ1n) is 10.2. The minimum atomic E-state index is -2.24. The number of amides is 2. The number of rotatable bonds is 11. The van der Waals surface area contributed by atoms with Gasteiger partial charge in [0, 0.05) is 4.47 Å². The number of aliphatic carboxylic acids is 2. The van der Waals surface area contributed by atoms with Crippen molar-refractivity contribution in [2.75, 3.05) is 6.54 Å². The Morgan fingerprint density at radius 2 is 1.79 bits per heavy atom. The highest BCUT2D eigenvalue weighted by Crippen LogP contribution is 2.32.